The number of aliphatic carboxylic acids is 5. The number of rotatable bonds is 19. The molecule has 24 heteroatoms. The Balaban J connectivity index is 0.000000131. The van der Waals surface area contributed by atoms with E-state index in [9.17, 15) is 115 Å². The fraction of sp³-hybridized carbons (Fsp3) is 0.861. The molecule has 0 amide bonds. The average Bonchev–Trinajstić information content (AvgIpc) is 1.50. The van der Waals surface area contributed by atoms with E-state index in [0.29, 0.717) is 129 Å². The van der Waals surface area contributed by atoms with E-state index in [-0.39, 0.29) is 125 Å². The minimum Gasteiger partial charge on any atom is -0.550 e. The second kappa shape index (κ2) is 41.6. The molecule has 16 saturated carbocycles. The highest BCUT2D eigenvalue weighted by atomic mass is 16.5. The molecule has 20 rings (SSSR count). The van der Waals surface area contributed by atoms with Crippen LogP contribution in [0.4, 0.5) is 0 Å². The molecule has 0 aromatic carbocycles. The molecule has 0 radical (unpaired) electrons. The van der Waals surface area contributed by atoms with Crippen LogP contribution in [0.3, 0.4) is 0 Å². The van der Waals surface area contributed by atoms with Crippen LogP contribution >= 0.6 is 0 Å². The molecule has 146 heavy (non-hydrogen) atoms. The maximum Gasteiger partial charge on any atom is 0.335 e. The zero-order valence-corrected chi connectivity index (χ0v) is 91.6. The van der Waals surface area contributed by atoms with Gasteiger partial charge in [0.25, 0.3) is 0 Å². The Morgan fingerprint density at radius 2 is 1.10 bits per heavy atom. The lowest BCUT2D eigenvalue weighted by Crippen LogP contribution is -2.61. The van der Waals surface area contributed by atoms with Crippen LogP contribution in [0, 0.1) is 196 Å². The van der Waals surface area contributed by atoms with Crippen molar-refractivity contribution in [2.45, 2.75) is 454 Å². The molecule has 0 aliphatic heterocycles. The van der Waals surface area contributed by atoms with Gasteiger partial charge in [-0.1, -0.05) is 131 Å². The molecule has 43 atom stereocenters. The zero-order valence-electron chi connectivity index (χ0n) is 91.6. The highest BCUT2D eigenvalue weighted by molar-refractivity contribution is 6.32. The number of aliphatic hydroxyl groups is 9. The SMILES string of the molecule is CC(C)=CCC[C@@H](C)[C@H]1CCC2C3=C(CC[C@@]21C)[C@@]1(C)CC[C@H](O)[C@@](C)(C(=O)[O-])[C@@H]1CC3.COC(=O)CC[C@@H](C(=O)[O-])[C@H]1CCC2C3CC[C@H]4C[C@@H](O)CC[C@]4(C)C3CC[C@@]21C.C[C@H]([C@H](O)CCC(C)(O)C(=O)O)[C@H]1CC[C@@]2(O)C3=CC(=O)[C@@H]4C[C@@H](O)[C@@H](O)C[C@]4(C)C3CC[C@]12C.C[C@]12CCC3C(CC[C@@H]4CCCC[C@]34C)C1CC[C@@H]2C(=O)O.C[C@]12C[C@H](O)C3C(=CC(=O)[C@@H]4C[C@H](O)CC[C@]34C)C1CC[C@@H]2C(=O)C(=O)[O-]. The van der Waals surface area contributed by atoms with E-state index in [4.69, 9.17) is 4.74 Å². The van der Waals surface area contributed by atoms with Crippen molar-refractivity contribution in [2.75, 3.05) is 7.11 Å². The van der Waals surface area contributed by atoms with E-state index in [1.54, 1.807) is 30.2 Å². The van der Waals surface area contributed by atoms with E-state index in [1.165, 1.54) is 122 Å². The van der Waals surface area contributed by atoms with Gasteiger partial charge in [-0.05, 0) is 458 Å². The summed E-state index contributed by atoms with van der Waals surface area (Å²) in [4.78, 5) is 108. The van der Waals surface area contributed by atoms with Crippen molar-refractivity contribution in [2.24, 2.45) is 196 Å². The number of methoxy groups -OCH3 is 1. The number of hydrogen-bond acceptors (Lipinski definition) is 22. The number of ketones is 3. The Bertz CT molecular complexity index is 5020. The maximum atomic E-state index is 13.2. The molecule has 20 aliphatic rings. The minimum absolute atomic E-state index is 0.00590. The average molecular weight is 2040 g/mol. The van der Waals surface area contributed by atoms with E-state index < -0.39 is 122 Å². The number of carboxylic acid groups (broad SMARTS) is 5. The van der Waals surface area contributed by atoms with Gasteiger partial charge in [-0.2, -0.15) is 0 Å². The first-order chi connectivity index (χ1) is 68.3. The Morgan fingerprint density at radius 3 is 1.75 bits per heavy atom. The number of Topliss-reactive ketones (excluding diaryl/α,β-unsaturated/α-hetero) is 1. The van der Waals surface area contributed by atoms with Crippen LogP contribution in [0.2, 0.25) is 0 Å². The summed E-state index contributed by atoms with van der Waals surface area (Å²) in [6.45, 7) is 34.4. The molecule has 16 fully saturated rings. The minimum atomic E-state index is -1.91. The van der Waals surface area contributed by atoms with Gasteiger partial charge in [-0.15, -0.1) is 0 Å². The van der Waals surface area contributed by atoms with Crippen LogP contribution in [0.1, 0.15) is 400 Å². The number of carbonyl (C=O) groups is 9. The second-order valence-electron chi connectivity index (χ2n) is 55.8. The molecule has 0 saturated heterocycles. The largest absolute Gasteiger partial charge is 0.550 e. The first kappa shape index (κ1) is 113. The van der Waals surface area contributed by atoms with Crippen molar-refractivity contribution in [3.63, 3.8) is 0 Å². The summed E-state index contributed by atoms with van der Waals surface area (Å²) in [6.07, 6.45) is 41.5. The monoisotopic (exact) mass is 2030 g/mol. The molecule has 11 unspecified atom stereocenters. The smallest absolute Gasteiger partial charge is 0.335 e. The van der Waals surface area contributed by atoms with Crippen LogP contribution in [0.25, 0.3) is 0 Å². The van der Waals surface area contributed by atoms with Crippen LogP contribution in [0.15, 0.2) is 46.1 Å². The van der Waals surface area contributed by atoms with Crippen molar-refractivity contribution in [1.29, 1.82) is 0 Å². The number of fused-ring (bicyclic) bond motifs is 24. The molecule has 820 valence electrons. The first-order valence-corrected chi connectivity index (χ1v) is 58.1. The summed E-state index contributed by atoms with van der Waals surface area (Å²) < 4.78 is 4.74. The highest BCUT2D eigenvalue weighted by Gasteiger charge is 2.71. The lowest BCUT2D eigenvalue weighted by molar-refractivity contribution is -0.331. The molecule has 0 bridgehead atoms. The predicted molar refractivity (Wildman–Crippen MR) is 546 cm³/mol. The number of carboxylic acids is 5. The van der Waals surface area contributed by atoms with Crippen molar-refractivity contribution in [3.05, 3.63) is 46.1 Å². The number of ether oxygens (including phenoxy) is 1. The van der Waals surface area contributed by atoms with Crippen molar-refractivity contribution < 1.29 is 119 Å². The Labute approximate surface area is 870 Å². The zero-order chi connectivity index (χ0) is 107. The molecule has 0 aromatic heterocycles. The Hall–Kier alpha value is -5.57. The number of hydrogen-bond donors (Lipinski definition) is 11. The van der Waals surface area contributed by atoms with Gasteiger partial charge < -0.3 is 90.6 Å². The molecule has 24 nitrogen and oxygen atoms in total. The van der Waals surface area contributed by atoms with Gasteiger partial charge in [0.05, 0.1) is 67.3 Å². The summed E-state index contributed by atoms with van der Waals surface area (Å²) in [5, 5.41) is 150. The third kappa shape index (κ3) is 19.0. The summed E-state index contributed by atoms with van der Waals surface area (Å²) >= 11 is 0. The summed E-state index contributed by atoms with van der Waals surface area (Å²) in [6, 6.07) is 0. The molecule has 11 N–H and O–H groups in total. The third-order valence-corrected chi connectivity index (χ3v) is 49.4. The fourth-order valence-electron chi connectivity index (χ4n) is 40.9. The Kier molecular flexibility index (Phi) is 32.2. The van der Waals surface area contributed by atoms with E-state index >= 15 is 0 Å². The van der Waals surface area contributed by atoms with Crippen molar-refractivity contribution in [1.82, 2.24) is 0 Å². The number of esters is 1. The summed E-state index contributed by atoms with van der Waals surface area (Å²) in [7, 11) is 1.35. The van der Waals surface area contributed by atoms with Gasteiger partial charge in [0.2, 0.25) is 0 Å². The molecular formula is C122H185O24-3. The van der Waals surface area contributed by atoms with E-state index in [1.807, 2.05) is 34.6 Å². The van der Waals surface area contributed by atoms with Gasteiger partial charge in [0.15, 0.2) is 23.0 Å². The normalized spacial score (nSPS) is 47.6. The topological polar surface area (TPSA) is 455 Å². The number of allylic oxidation sites excluding steroid dienone is 6. The van der Waals surface area contributed by atoms with Gasteiger partial charge in [0.1, 0.15) is 5.97 Å². The van der Waals surface area contributed by atoms with Crippen LogP contribution in [-0.2, 0) is 47.9 Å². The number of carbonyl (C=O) groups excluding carboxylic acids is 7. The second-order valence-corrected chi connectivity index (χ2v) is 55.8. The molecule has 0 aromatic rings. The molecule has 20 aliphatic carbocycles. The van der Waals surface area contributed by atoms with E-state index in [0.717, 1.165) is 124 Å². The van der Waals surface area contributed by atoms with E-state index in [2.05, 4.69) is 68.4 Å². The van der Waals surface area contributed by atoms with Crippen LogP contribution in [0.5, 0.6) is 0 Å². The highest BCUT2D eigenvalue weighted by Crippen LogP contribution is 2.75. The standard InChI is InChI=1S/C29H46O3.C27H42O8.C25H40O5.C21H28O6.C20H32O2/c1-18(2)8-7-9-19(3)21-11-12-22-20-10-13-24-28(5,23(20)14-16-27(21,22)4)17-15-25(30)29(24,6)26(31)32;1-14(19(28)7-9-26(4,34)23(32)33)15-6-10-27(35)17-11-20(29)18-12-21(30)22(31)13-24(18,2)16(17)5-8-25(15,27)3;1-24-12-10-16(26)14-15(24)4-5-17-19-7-8-20(25(19,2)13-11-21(17)24)18(23(28)29)6-9-22(27)30-3;1-20-6-5-10(22)7-14(20)15(23)8-11-12-3-4-13(18(25)19(26)27)21(12,2)9-16(24)17(11)20;1-19-11-4-3-5-13(19)6-7-14-15-8-9-17(18(21)22)20(15,2)12-10-16(14)19/h8,19,21-22,24-25,30H,7,9-17H2,1-6H3,(H,31,32);11,14-16,18-19,21-22,28,30-31,34-35H,5-10,12-13H2,1-4H3,(H,32,33);15-21,26H,4-14H2,1-3H3,(H,28,29);8,10,12-14,16-17,22,24H,3-7,9H2,1-2H3,(H,26,27);13-17H,3-12H2,1-2H3,(H,21,22)/p-3/t19-,21-,22?,24-,25+,27-,28-,29+;14-,15+,16?,18-,19+,21+,22-,24+,25+,26?,27+;15-,16-,17?,18+,19?,20+,21?,24-,25-;10-,12?,13-,14+,16+,17?,20+,21+;13-,14?,15?,16?,17+,19-,20-/m10010/s1. The summed E-state index contributed by atoms with van der Waals surface area (Å²) in [5.74, 6) is -1.23. The Morgan fingerprint density at radius 1 is 0.514 bits per heavy atom. The number of aliphatic hydroxyl groups excluding tert-OH is 7. The van der Waals surface area contributed by atoms with Crippen molar-refractivity contribution in [3.8, 4) is 0 Å². The maximum absolute atomic E-state index is 13.2. The van der Waals surface area contributed by atoms with Gasteiger partial charge in [-0.3, -0.25) is 24.0 Å². The van der Waals surface area contributed by atoms with Gasteiger partial charge in [0, 0.05) is 52.8 Å². The first-order valence-electron chi connectivity index (χ1n) is 58.1. The van der Waals surface area contributed by atoms with Gasteiger partial charge in [-0.25, -0.2) is 4.79 Å². The lowest BCUT2D eigenvalue weighted by Gasteiger charge is -2.61. The summed E-state index contributed by atoms with van der Waals surface area (Å²) in [5.41, 5.74) is 1.22. The quantitative estimate of drug-likeness (QED) is 0.0325. The molecule has 0 heterocycles. The third-order valence-electron chi connectivity index (χ3n) is 49.4. The predicted octanol–water partition coefficient (Wildman–Crippen LogP) is 16.5. The molecular weight excluding hydrogens is 1850 g/mol. The lowest BCUT2D eigenvalue weighted by atomic mass is 9.44. The van der Waals surface area contributed by atoms with Crippen LogP contribution in [-0.4, -0.2) is 170 Å². The molecule has 0 spiro atoms. The fourth-order valence-corrected chi connectivity index (χ4v) is 40.9. The van der Waals surface area contributed by atoms with Gasteiger partial charge >= 0.3 is 17.9 Å². The van der Waals surface area contributed by atoms with Crippen LogP contribution < -0.4 is 15.3 Å². The van der Waals surface area contributed by atoms with Crippen molar-refractivity contribution >= 4 is 53.2 Å².